The third kappa shape index (κ3) is 3.42. The summed E-state index contributed by atoms with van der Waals surface area (Å²) >= 11 is 0.557. The predicted molar refractivity (Wildman–Crippen MR) is 81.3 cm³/mol. The molecule has 1 aliphatic rings. The van der Waals surface area contributed by atoms with Crippen LogP contribution in [0.3, 0.4) is 0 Å². The molecule has 24 heavy (non-hydrogen) atoms. The Morgan fingerprint density at radius 2 is 2.04 bits per heavy atom. The number of quaternary nitrogens is 1. The van der Waals surface area contributed by atoms with Gasteiger partial charge in [0, 0.05) is 0 Å². The number of fused-ring (bicyclic) bond motifs is 1. The van der Waals surface area contributed by atoms with Gasteiger partial charge in [-0.05, 0) is 0 Å². The van der Waals surface area contributed by atoms with Crippen LogP contribution in [0.4, 0.5) is 18.9 Å². The fourth-order valence-electron chi connectivity index (χ4n) is 2.61. The average Bonchev–Trinajstić information content (AvgIpc) is 3.03. The van der Waals surface area contributed by atoms with E-state index in [0.29, 0.717) is 49.3 Å². The molecule has 1 aromatic carbocycles. The zero-order chi connectivity index (χ0) is 17.7. The molecule has 0 aliphatic carbocycles. The first-order valence-electron chi connectivity index (χ1n) is 6.83. The molecule has 10 heteroatoms. The van der Waals surface area contributed by atoms with Crippen molar-refractivity contribution in [2.45, 2.75) is 17.6 Å². The second-order valence-corrected chi connectivity index (χ2v) is 9.88. The van der Waals surface area contributed by atoms with Gasteiger partial charge in [0.1, 0.15) is 0 Å². The number of nitrogens with one attached hydrogen (secondary N) is 1. The maximum atomic E-state index is 13.3. The number of halogens is 3. The van der Waals surface area contributed by atoms with Crippen molar-refractivity contribution in [1.29, 1.82) is 0 Å². The van der Waals surface area contributed by atoms with Crippen LogP contribution in [0.15, 0.2) is 35.8 Å². The zero-order valence-corrected chi connectivity index (χ0v) is 17.8. The minimum absolute atomic E-state index is 0.0112. The first-order chi connectivity index (χ1) is 11.1. The fourth-order valence-corrected chi connectivity index (χ4v) is 4.21. The SMILES string of the molecule is CS(=O)(=O)c1cc2c(c(C(F)(F)F)c1)C=C[NH+]2Cc1c[n]([Tl])cn1. The van der Waals surface area contributed by atoms with E-state index in [2.05, 4.69) is 4.98 Å². The van der Waals surface area contributed by atoms with Crippen molar-refractivity contribution < 1.29 is 26.5 Å². The Morgan fingerprint density at radius 1 is 1.33 bits per heavy atom. The summed E-state index contributed by atoms with van der Waals surface area (Å²) in [7, 11) is -3.75. The third-order valence-electron chi connectivity index (χ3n) is 3.71. The summed E-state index contributed by atoms with van der Waals surface area (Å²) in [6, 6.07) is 2.02. The van der Waals surface area contributed by atoms with E-state index >= 15 is 0 Å². The van der Waals surface area contributed by atoms with Gasteiger partial charge in [0.15, 0.2) is 0 Å². The summed E-state index contributed by atoms with van der Waals surface area (Å²) in [5, 5.41) is 0. The number of benzene rings is 1. The van der Waals surface area contributed by atoms with E-state index in [0.717, 1.165) is 11.9 Å². The van der Waals surface area contributed by atoms with Crippen molar-refractivity contribution in [2.24, 2.45) is 0 Å². The minimum atomic E-state index is -4.62. The molecule has 5 nitrogen and oxygen atoms in total. The quantitative estimate of drug-likeness (QED) is 0.583. The van der Waals surface area contributed by atoms with E-state index in [-0.39, 0.29) is 10.5 Å². The number of alkyl halides is 3. The second kappa shape index (κ2) is 5.95. The Labute approximate surface area is 152 Å². The van der Waals surface area contributed by atoms with Crippen molar-refractivity contribution in [3.05, 3.63) is 47.7 Å². The summed E-state index contributed by atoms with van der Waals surface area (Å²) in [5.41, 5.74) is 0.123. The van der Waals surface area contributed by atoms with Gasteiger partial charge in [0.25, 0.3) is 0 Å². The number of aromatic nitrogens is 2. The van der Waals surface area contributed by atoms with Crippen LogP contribution in [0.25, 0.3) is 6.08 Å². The van der Waals surface area contributed by atoms with Crippen LogP contribution < -0.4 is 4.90 Å². The van der Waals surface area contributed by atoms with Crippen LogP contribution in [-0.4, -0.2) is 48.1 Å². The molecule has 0 fully saturated rings. The van der Waals surface area contributed by atoms with Gasteiger partial charge < -0.3 is 0 Å². The number of rotatable bonds is 3. The van der Waals surface area contributed by atoms with Gasteiger partial charge >= 0.3 is 153 Å². The Morgan fingerprint density at radius 3 is 2.58 bits per heavy atom. The summed E-state index contributed by atoms with van der Waals surface area (Å²) in [4.78, 5) is 4.50. The maximum absolute atomic E-state index is 13.3. The van der Waals surface area contributed by atoms with E-state index in [4.69, 9.17) is 0 Å². The van der Waals surface area contributed by atoms with Crippen LogP contribution in [0.5, 0.6) is 0 Å². The number of nitrogens with zero attached hydrogens (tertiary/aromatic N) is 2. The third-order valence-corrected chi connectivity index (χ3v) is 5.90. The van der Waals surface area contributed by atoms with Gasteiger partial charge in [-0.1, -0.05) is 0 Å². The number of sulfone groups is 1. The zero-order valence-electron chi connectivity index (χ0n) is 12.5. The van der Waals surface area contributed by atoms with Gasteiger partial charge in [-0.15, -0.1) is 0 Å². The molecule has 1 aromatic heterocycles. The molecular weight excluding hydrogens is 536 g/mol. The molecular formula is C14H12F3N3O2STl+. The molecule has 0 radical (unpaired) electrons. The Kier molecular flexibility index (Phi) is 4.37. The topological polar surface area (TPSA) is 56.4 Å². The number of hydrogen-bond donors (Lipinski definition) is 1. The van der Waals surface area contributed by atoms with Gasteiger partial charge in [0.05, 0.1) is 0 Å². The summed E-state index contributed by atoms with van der Waals surface area (Å²) < 4.78 is 65.4. The summed E-state index contributed by atoms with van der Waals surface area (Å²) in [6.07, 6.45) is 2.78. The molecule has 1 atom stereocenters. The molecule has 124 valence electrons. The average molecular weight is 548 g/mol. The molecule has 2 aromatic rings. The van der Waals surface area contributed by atoms with Gasteiger partial charge in [-0.3, -0.25) is 0 Å². The van der Waals surface area contributed by atoms with Crippen molar-refractivity contribution in [3.8, 4) is 0 Å². The van der Waals surface area contributed by atoms with Gasteiger partial charge in [-0.25, -0.2) is 0 Å². The van der Waals surface area contributed by atoms with E-state index in [1.165, 1.54) is 12.1 Å². The van der Waals surface area contributed by atoms with Crippen LogP contribution in [0.2, 0.25) is 0 Å². The Bertz CT molecular complexity index is 935. The molecule has 0 saturated carbocycles. The first-order valence-corrected chi connectivity index (χ1v) is 10.7. The van der Waals surface area contributed by atoms with E-state index in [1.54, 1.807) is 12.5 Å². The van der Waals surface area contributed by atoms with Crippen molar-refractivity contribution in [2.75, 3.05) is 6.26 Å². The standard InChI is InChI=1S/C14H11F3N3O2S.Tl/c1-23(21,22)10-4-12(14(15,16)17)11-2-3-20(13(11)5-10)7-9-6-18-8-19-9;/h2-6,8H,7H2,1H3;/q-1;+1/p+1. The second-order valence-electron chi connectivity index (χ2n) is 5.55. The molecule has 0 saturated heterocycles. The Hall–Kier alpha value is -1.21. The molecule has 1 aliphatic heterocycles. The monoisotopic (exact) mass is 548 g/mol. The van der Waals surface area contributed by atoms with Crippen molar-refractivity contribution in [3.63, 3.8) is 0 Å². The first kappa shape index (κ1) is 17.6. The Balaban J connectivity index is 2.10. The molecule has 3 rings (SSSR count). The molecule has 1 unspecified atom stereocenters. The van der Waals surface area contributed by atoms with Crippen LogP contribution in [0.1, 0.15) is 16.8 Å². The fraction of sp³-hybridized carbons (Fsp3) is 0.214. The van der Waals surface area contributed by atoms with Crippen LogP contribution in [0, 0.1) is 0 Å². The molecule has 2 heterocycles. The van der Waals surface area contributed by atoms with Crippen molar-refractivity contribution >= 4 is 47.7 Å². The number of hydrogen-bond acceptors (Lipinski definition) is 3. The molecule has 0 amide bonds. The number of imidazole rings is 1. The van der Waals surface area contributed by atoms with Gasteiger partial charge in [-0.2, -0.15) is 0 Å². The predicted octanol–water partition coefficient (Wildman–Crippen LogP) is 0.938. The summed E-state index contributed by atoms with van der Waals surface area (Å²) in [5.74, 6) is 0. The van der Waals surface area contributed by atoms with E-state index < -0.39 is 21.6 Å². The van der Waals surface area contributed by atoms with E-state index in [1.807, 2.05) is 8.57 Å². The molecule has 1 N–H and O–H groups in total. The normalized spacial score (nSPS) is 17.2. The molecule has 0 bridgehead atoms. The van der Waals surface area contributed by atoms with Crippen LogP contribution in [-0.2, 0) is 22.6 Å². The van der Waals surface area contributed by atoms with Crippen molar-refractivity contribution in [1.82, 2.24) is 7.36 Å². The van der Waals surface area contributed by atoms with Gasteiger partial charge in [0.2, 0.25) is 0 Å². The molecule has 0 spiro atoms. The van der Waals surface area contributed by atoms with Crippen LogP contribution >= 0.6 is 0 Å². The summed E-state index contributed by atoms with van der Waals surface area (Å²) in [6.45, 7) is 0.355. The van der Waals surface area contributed by atoms with E-state index in [9.17, 15) is 21.6 Å².